The van der Waals surface area contributed by atoms with Crippen LogP contribution in [0.3, 0.4) is 0 Å². The van der Waals surface area contributed by atoms with Crippen molar-refractivity contribution in [1.29, 1.82) is 0 Å². The molecule has 0 saturated carbocycles. The van der Waals surface area contributed by atoms with E-state index >= 15 is 0 Å². The van der Waals surface area contributed by atoms with Gasteiger partial charge in [-0.15, -0.1) is 0 Å². The summed E-state index contributed by atoms with van der Waals surface area (Å²) in [6.45, 7) is 1.23. The van der Waals surface area contributed by atoms with Crippen LogP contribution in [-0.4, -0.2) is 46.6 Å². The highest BCUT2D eigenvalue weighted by Gasteiger charge is 2.25. The quantitative estimate of drug-likeness (QED) is 0.866. The third-order valence-electron chi connectivity index (χ3n) is 4.47. The minimum absolute atomic E-state index is 0.0159. The SMILES string of the molecule is CNC(=O)C1CCN(C(=O)/C=C/c2cnn(-c3ccccc3)c2)CC1. The number of benzene rings is 1. The van der Waals surface area contributed by atoms with Gasteiger partial charge >= 0.3 is 0 Å². The smallest absolute Gasteiger partial charge is 0.246 e. The van der Waals surface area contributed by atoms with E-state index in [2.05, 4.69) is 10.4 Å². The van der Waals surface area contributed by atoms with Crippen LogP contribution < -0.4 is 5.32 Å². The van der Waals surface area contributed by atoms with Crippen LogP contribution in [0.5, 0.6) is 0 Å². The van der Waals surface area contributed by atoms with Crippen molar-refractivity contribution in [3.8, 4) is 5.69 Å². The van der Waals surface area contributed by atoms with Crippen molar-refractivity contribution < 1.29 is 9.59 Å². The molecule has 6 nitrogen and oxygen atoms in total. The number of carbonyl (C=O) groups is 2. The van der Waals surface area contributed by atoms with Gasteiger partial charge in [-0.3, -0.25) is 9.59 Å². The molecule has 1 aliphatic heterocycles. The van der Waals surface area contributed by atoms with E-state index in [1.54, 1.807) is 35.0 Å². The molecule has 1 fully saturated rings. The van der Waals surface area contributed by atoms with Crippen LogP contribution in [0.2, 0.25) is 0 Å². The van der Waals surface area contributed by atoms with E-state index in [0.717, 1.165) is 11.3 Å². The second kappa shape index (κ2) is 7.79. The van der Waals surface area contributed by atoms with E-state index in [1.165, 1.54) is 0 Å². The van der Waals surface area contributed by atoms with Crippen molar-refractivity contribution in [3.63, 3.8) is 0 Å². The number of aromatic nitrogens is 2. The summed E-state index contributed by atoms with van der Waals surface area (Å²) in [5, 5.41) is 6.99. The summed E-state index contributed by atoms with van der Waals surface area (Å²) >= 11 is 0. The number of nitrogens with zero attached hydrogens (tertiary/aromatic N) is 3. The highest BCUT2D eigenvalue weighted by atomic mass is 16.2. The van der Waals surface area contributed by atoms with E-state index < -0.39 is 0 Å². The predicted octanol–water partition coefficient (Wildman–Crippen LogP) is 1.87. The Labute approximate surface area is 147 Å². The Bertz CT molecular complexity index is 759. The van der Waals surface area contributed by atoms with Crippen molar-refractivity contribution in [3.05, 3.63) is 54.4 Å². The van der Waals surface area contributed by atoms with Crippen LogP contribution in [0.15, 0.2) is 48.8 Å². The normalized spacial score (nSPS) is 15.5. The van der Waals surface area contributed by atoms with Crippen molar-refractivity contribution in [2.24, 2.45) is 5.92 Å². The lowest BCUT2D eigenvalue weighted by Gasteiger charge is -2.30. The molecule has 6 heteroatoms. The molecule has 0 spiro atoms. The van der Waals surface area contributed by atoms with Crippen molar-refractivity contribution in [2.75, 3.05) is 20.1 Å². The van der Waals surface area contributed by atoms with Gasteiger partial charge in [-0.1, -0.05) is 18.2 Å². The number of piperidine rings is 1. The molecule has 1 aliphatic rings. The topological polar surface area (TPSA) is 67.2 Å². The minimum atomic E-state index is -0.0252. The maximum absolute atomic E-state index is 12.3. The number of hydrogen-bond donors (Lipinski definition) is 1. The summed E-state index contributed by atoms with van der Waals surface area (Å²) in [5.74, 6) is 0.0564. The van der Waals surface area contributed by atoms with Crippen LogP contribution in [0.4, 0.5) is 0 Å². The monoisotopic (exact) mass is 338 g/mol. The highest BCUT2D eigenvalue weighted by Crippen LogP contribution is 2.18. The van der Waals surface area contributed by atoms with E-state index in [-0.39, 0.29) is 17.7 Å². The maximum Gasteiger partial charge on any atom is 0.246 e. The second-order valence-corrected chi connectivity index (χ2v) is 6.10. The van der Waals surface area contributed by atoms with Gasteiger partial charge in [0.1, 0.15) is 0 Å². The number of likely N-dealkylation sites (tertiary alicyclic amines) is 1. The summed E-state index contributed by atoms with van der Waals surface area (Å²) < 4.78 is 1.78. The van der Waals surface area contributed by atoms with Crippen molar-refractivity contribution >= 4 is 17.9 Å². The summed E-state index contributed by atoms with van der Waals surface area (Å²) in [4.78, 5) is 25.7. The molecule has 2 amide bonds. The lowest BCUT2D eigenvalue weighted by Crippen LogP contribution is -2.41. The first-order valence-corrected chi connectivity index (χ1v) is 8.46. The highest BCUT2D eigenvalue weighted by molar-refractivity contribution is 5.92. The Morgan fingerprint density at radius 1 is 1.20 bits per heavy atom. The molecule has 1 N–H and O–H groups in total. The zero-order valence-corrected chi connectivity index (χ0v) is 14.3. The number of carbonyl (C=O) groups excluding carboxylic acids is 2. The van der Waals surface area contributed by atoms with Gasteiger partial charge in [-0.25, -0.2) is 4.68 Å². The summed E-state index contributed by atoms with van der Waals surface area (Å²) in [5.41, 5.74) is 1.85. The average Bonchev–Trinajstić information content (AvgIpc) is 3.15. The fraction of sp³-hybridized carbons (Fsp3) is 0.316. The Kier molecular flexibility index (Phi) is 5.28. The molecule has 130 valence electrons. The predicted molar refractivity (Wildman–Crippen MR) is 96.0 cm³/mol. The van der Waals surface area contributed by atoms with Crippen LogP contribution >= 0.6 is 0 Å². The first kappa shape index (κ1) is 17.0. The van der Waals surface area contributed by atoms with E-state index in [0.29, 0.717) is 25.9 Å². The molecule has 1 aromatic carbocycles. The first-order chi connectivity index (χ1) is 12.2. The summed E-state index contributed by atoms with van der Waals surface area (Å²) in [7, 11) is 1.65. The Morgan fingerprint density at radius 2 is 1.92 bits per heavy atom. The molecule has 0 aliphatic carbocycles. The maximum atomic E-state index is 12.3. The van der Waals surface area contributed by atoms with E-state index in [1.807, 2.05) is 36.5 Å². The molecule has 0 radical (unpaired) electrons. The van der Waals surface area contributed by atoms with Crippen molar-refractivity contribution in [1.82, 2.24) is 20.0 Å². The van der Waals surface area contributed by atoms with Gasteiger partial charge in [0.2, 0.25) is 11.8 Å². The Balaban J connectivity index is 1.57. The first-order valence-electron chi connectivity index (χ1n) is 8.46. The minimum Gasteiger partial charge on any atom is -0.359 e. The van der Waals surface area contributed by atoms with Gasteiger partial charge < -0.3 is 10.2 Å². The number of rotatable bonds is 4. The number of nitrogens with one attached hydrogen (secondary N) is 1. The standard InChI is InChI=1S/C19H22N4O2/c1-20-19(25)16-9-11-22(12-10-16)18(24)8-7-15-13-21-23(14-15)17-5-3-2-4-6-17/h2-8,13-14,16H,9-12H2,1H3,(H,20,25)/b8-7+. The van der Waals surface area contributed by atoms with Crippen LogP contribution in [0.25, 0.3) is 11.8 Å². The van der Waals surface area contributed by atoms with Gasteiger partial charge in [0.05, 0.1) is 11.9 Å². The molecule has 1 saturated heterocycles. The van der Waals surface area contributed by atoms with Crippen LogP contribution in [0, 0.1) is 5.92 Å². The fourth-order valence-corrected chi connectivity index (χ4v) is 2.98. The van der Waals surface area contributed by atoms with Crippen LogP contribution in [0.1, 0.15) is 18.4 Å². The molecular formula is C19H22N4O2. The van der Waals surface area contributed by atoms with Crippen LogP contribution in [-0.2, 0) is 9.59 Å². The largest absolute Gasteiger partial charge is 0.359 e. The van der Waals surface area contributed by atoms with Gasteiger partial charge in [0.15, 0.2) is 0 Å². The fourth-order valence-electron chi connectivity index (χ4n) is 2.98. The summed E-state index contributed by atoms with van der Waals surface area (Å²) in [6.07, 6.45) is 8.40. The van der Waals surface area contributed by atoms with Gasteiger partial charge in [0.25, 0.3) is 0 Å². The zero-order valence-electron chi connectivity index (χ0n) is 14.3. The van der Waals surface area contributed by atoms with E-state index in [9.17, 15) is 9.59 Å². The van der Waals surface area contributed by atoms with Gasteiger partial charge in [-0.2, -0.15) is 5.10 Å². The second-order valence-electron chi connectivity index (χ2n) is 6.10. The van der Waals surface area contributed by atoms with Gasteiger partial charge in [0, 0.05) is 43.9 Å². The number of amides is 2. The molecular weight excluding hydrogens is 316 g/mol. The summed E-state index contributed by atoms with van der Waals surface area (Å²) in [6, 6.07) is 9.82. The molecule has 0 atom stereocenters. The third-order valence-corrected chi connectivity index (χ3v) is 4.47. The average molecular weight is 338 g/mol. The molecule has 3 rings (SSSR count). The molecule has 1 aromatic heterocycles. The van der Waals surface area contributed by atoms with Crippen molar-refractivity contribution in [2.45, 2.75) is 12.8 Å². The molecule has 2 heterocycles. The van der Waals surface area contributed by atoms with Gasteiger partial charge in [-0.05, 0) is 31.1 Å². The Hall–Kier alpha value is -2.89. The Morgan fingerprint density at radius 3 is 2.60 bits per heavy atom. The molecule has 0 unspecified atom stereocenters. The number of hydrogen-bond acceptors (Lipinski definition) is 3. The lowest BCUT2D eigenvalue weighted by atomic mass is 9.96. The molecule has 0 bridgehead atoms. The molecule has 25 heavy (non-hydrogen) atoms. The molecule has 2 aromatic rings. The number of para-hydroxylation sites is 1. The van der Waals surface area contributed by atoms with E-state index in [4.69, 9.17) is 0 Å². The zero-order chi connectivity index (χ0) is 17.6. The lowest BCUT2D eigenvalue weighted by molar-refractivity contribution is -0.131. The third kappa shape index (κ3) is 4.15.